The molecule has 0 bridgehead atoms. The van der Waals surface area contributed by atoms with Crippen LogP contribution < -0.4 is 11.5 Å². The largest absolute Gasteiger partial charge is 0.370 e. The Morgan fingerprint density at radius 1 is 1.27 bits per heavy atom. The van der Waals surface area contributed by atoms with E-state index in [4.69, 9.17) is 11.5 Å². The second-order valence-corrected chi connectivity index (χ2v) is 2.82. The summed E-state index contributed by atoms with van der Waals surface area (Å²) in [6.07, 6.45) is 2.19. The van der Waals surface area contributed by atoms with Crippen LogP contribution in [0, 0.1) is 0 Å². The lowest BCUT2D eigenvalue weighted by Gasteiger charge is -2.07. The van der Waals surface area contributed by atoms with Gasteiger partial charge < -0.3 is 16.4 Å². The van der Waals surface area contributed by atoms with E-state index in [0.29, 0.717) is 0 Å². The minimum absolute atomic E-state index is 0.190. The summed E-state index contributed by atoms with van der Waals surface area (Å²) in [7, 11) is 4.11. The molecule has 0 aliphatic rings. The fourth-order valence-corrected chi connectivity index (χ4v) is 0.748. The number of hydrogen-bond donors (Lipinski definition) is 2. The van der Waals surface area contributed by atoms with Crippen LogP contribution in [-0.4, -0.2) is 38.0 Å². The van der Waals surface area contributed by atoms with E-state index in [1.807, 2.05) is 0 Å². The highest BCUT2D eigenvalue weighted by molar-refractivity contribution is 5.75. The maximum atomic E-state index is 5.15. The predicted molar refractivity (Wildman–Crippen MR) is 48.5 cm³/mol. The second kappa shape index (κ2) is 5.97. The molecule has 0 aromatic carbocycles. The molecule has 4 heteroatoms. The van der Waals surface area contributed by atoms with Crippen molar-refractivity contribution in [3.05, 3.63) is 0 Å². The fraction of sp³-hybridized carbons (Fsp3) is 0.857. The molecule has 0 unspecified atom stereocenters. The van der Waals surface area contributed by atoms with Crippen LogP contribution in [0.25, 0.3) is 0 Å². The van der Waals surface area contributed by atoms with Gasteiger partial charge in [0, 0.05) is 6.54 Å². The van der Waals surface area contributed by atoms with Crippen molar-refractivity contribution in [3.63, 3.8) is 0 Å². The van der Waals surface area contributed by atoms with Crippen LogP contribution in [0.4, 0.5) is 0 Å². The van der Waals surface area contributed by atoms with Gasteiger partial charge in [-0.2, -0.15) is 0 Å². The van der Waals surface area contributed by atoms with Gasteiger partial charge in [-0.1, -0.05) is 0 Å². The lowest BCUT2D eigenvalue weighted by Crippen LogP contribution is -2.23. The number of rotatable bonds is 5. The van der Waals surface area contributed by atoms with Crippen LogP contribution >= 0.6 is 0 Å². The molecule has 0 rings (SSSR count). The third-order valence-electron chi connectivity index (χ3n) is 1.31. The molecule has 0 saturated heterocycles. The second-order valence-electron chi connectivity index (χ2n) is 2.82. The Balaban J connectivity index is 3.09. The number of guanidine groups is 1. The highest BCUT2D eigenvalue weighted by atomic mass is 15.0. The third kappa shape index (κ3) is 9.23. The molecule has 0 radical (unpaired) electrons. The number of unbranched alkanes of at least 4 members (excludes halogenated alkanes) is 1. The highest BCUT2D eigenvalue weighted by Gasteiger charge is 1.89. The van der Waals surface area contributed by atoms with Gasteiger partial charge >= 0.3 is 0 Å². The quantitative estimate of drug-likeness (QED) is 0.325. The fourth-order valence-electron chi connectivity index (χ4n) is 0.748. The lowest BCUT2D eigenvalue weighted by molar-refractivity contribution is 0.396. The van der Waals surface area contributed by atoms with E-state index < -0.39 is 0 Å². The van der Waals surface area contributed by atoms with Gasteiger partial charge in [0.25, 0.3) is 0 Å². The summed E-state index contributed by atoms with van der Waals surface area (Å²) >= 11 is 0. The summed E-state index contributed by atoms with van der Waals surface area (Å²) in [5, 5.41) is 0. The van der Waals surface area contributed by atoms with Crippen molar-refractivity contribution in [2.24, 2.45) is 16.5 Å². The molecule has 0 amide bonds. The standard InChI is InChI=1S/C7H18N4/c1-11(2)6-4-3-5-10-7(8)9/h3-6H2,1-2H3,(H4,8,9,10). The van der Waals surface area contributed by atoms with Crippen molar-refractivity contribution < 1.29 is 0 Å². The van der Waals surface area contributed by atoms with E-state index in [9.17, 15) is 0 Å². The Morgan fingerprint density at radius 2 is 1.91 bits per heavy atom. The maximum absolute atomic E-state index is 5.15. The van der Waals surface area contributed by atoms with Gasteiger partial charge in [0.05, 0.1) is 0 Å². The smallest absolute Gasteiger partial charge is 0.185 e. The maximum Gasteiger partial charge on any atom is 0.185 e. The molecule has 0 aliphatic carbocycles. The SMILES string of the molecule is CN(C)CCCCN=C(N)N. The first-order valence-corrected chi connectivity index (χ1v) is 3.83. The molecule has 0 aromatic rings. The summed E-state index contributed by atoms with van der Waals surface area (Å²) in [4.78, 5) is 6.02. The van der Waals surface area contributed by atoms with E-state index in [2.05, 4.69) is 24.0 Å². The van der Waals surface area contributed by atoms with E-state index in [1.54, 1.807) is 0 Å². The Morgan fingerprint density at radius 3 is 2.36 bits per heavy atom. The Kier molecular flexibility index (Phi) is 5.56. The molecule has 4 nitrogen and oxygen atoms in total. The Hall–Kier alpha value is -0.770. The van der Waals surface area contributed by atoms with Gasteiger partial charge in [-0.15, -0.1) is 0 Å². The first kappa shape index (κ1) is 10.2. The molecular formula is C7H18N4. The van der Waals surface area contributed by atoms with Crippen LogP contribution in [0.15, 0.2) is 4.99 Å². The molecule has 11 heavy (non-hydrogen) atoms. The minimum Gasteiger partial charge on any atom is -0.370 e. The van der Waals surface area contributed by atoms with Crippen molar-refractivity contribution in [1.29, 1.82) is 0 Å². The number of nitrogens with zero attached hydrogens (tertiary/aromatic N) is 2. The minimum atomic E-state index is 0.190. The van der Waals surface area contributed by atoms with E-state index in [0.717, 1.165) is 25.9 Å². The first-order valence-electron chi connectivity index (χ1n) is 3.83. The molecule has 0 aromatic heterocycles. The van der Waals surface area contributed by atoms with E-state index in [1.165, 1.54) is 0 Å². The molecule has 0 saturated carbocycles. The number of hydrogen-bond acceptors (Lipinski definition) is 2. The van der Waals surface area contributed by atoms with Gasteiger partial charge in [0.1, 0.15) is 0 Å². The van der Waals surface area contributed by atoms with Gasteiger partial charge in [0.2, 0.25) is 0 Å². The average Bonchev–Trinajstić information content (AvgIpc) is 1.85. The number of nitrogens with two attached hydrogens (primary N) is 2. The van der Waals surface area contributed by atoms with Crippen LogP contribution in [0.3, 0.4) is 0 Å². The van der Waals surface area contributed by atoms with E-state index >= 15 is 0 Å². The summed E-state index contributed by atoms with van der Waals surface area (Å²) in [6.45, 7) is 1.84. The van der Waals surface area contributed by atoms with Crippen LogP contribution in [-0.2, 0) is 0 Å². The van der Waals surface area contributed by atoms with Gasteiger partial charge in [0.15, 0.2) is 5.96 Å². The van der Waals surface area contributed by atoms with Crippen molar-refractivity contribution in [3.8, 4) is 0 Å². The lowest BCUT2D eigenvalue weighted by atomic mass is 10.3. The van der Waals surface area contributed by atoms with Crippen molar-refractivity contribution in [2.75, 3.05) is 27.2 Å². The summed E-state index contributed by atoms with van der Waals surface area (Å²) in [5.74, 6) is 0.190. The average molecular weight is 158 g/mol. The molecular weight excluding hydrogens is 140 g/mol. The zero-order valence-corrected chi connectivity index (χ0v) is 7.38. The highest BCUT2D eigenvalue weighted by Crippen LogP contribution is 1.90. The molecule has 66 valence electrons. The molecule has 0 fully saturated rings. The Labute approximate surface area is 68.3 Å². The monoisotopic (exact) mass is 158 g/mol. The normalized spacial score (nSPS) is 10.1. The van der Waals surface area contributed by atoms with Crippen LogP contribution in [0.5, 0.6) is 0 Å². The molecule has 0 aliphatic heterocycles. The molecule has 0 atom stereocenters. The summed E-state index contributed by atoms with van der Waals surface area (Å²) in [6, 6.07) is 0. The molecule has 0 heterocycles. The Bertz CT molecular complexity index is 116. The topological polar surface area (TPSA) is 67.6 Å². The van der Waals surface area contributed by atoms with Gasteiger partial charge in [-0.3, -0.25) is 4.99 Å². The third-order valence-corrected chi connectivity index (χ3v) is 1.31. The zero-order chi connectivity index (χ0) is 8.69. The van der Waals surface area contributed by atoms with Crippen LogP contribution in [0.1, 0.15) is 12.8 Å². The van der Waals surface area contributed by atoms with Gasteiger partial charge in [-0.25, -0.2) is 0 Å². The molecule has 4 N–H and O–H groups in total. The predicted octanol–water partition coefficient (Wildman–Crippen LogP) is -0.398. The first-order chi connectivity index (χ1) is 5.13. The van der Waals surface area contributed by atoms with Crippen molar-refractivity contribution in [2.45, 2.75) is 12.8 Å². The van der Waals surface area contributed by atoms with Gasteiger partial charge in [-0.05, 0) is 33.5 Å². The zero-order valence-electron chi connectivity index (χ0n) is 7.38. The van der Waals surface area contributed by atoms with Crippen molar-refractivity contribution in [1.82, 2.24) is 4.90 Å². The van der Waals surface area contributed by atoms with Crippen LogP contribution in [0.2, 0.25) is 0 Å². The summed E-state index contributed by atoms with van der Waals surface area (Å²) < 4.78 is 0. The number of aliphatic imine (C=N–C) groups is 1. The van der Waals surface area contributed by atoms with Crippen molar-refractivity contribution >= 4 is 5.96 Å². The van der Waals surface area contributed by atoms with E-state index in [-0.39, 0.29) is 5.96 Å². The summed E-state index contributed by atoms with van der Waals surface area (Å²) in [5.41, 5.74) is 10.3. The molecule has 0 spiro atoms.